The van der Waals surface area contributed by atoms with E-state index in [0.717, 1.165) is 29.6 Å². The van der Waals surface area contributed by atoms with E-state index in [2.05, 4.69) is 45.1 Å². The van der Waals surface area contributed by atoms with E-state index in [9.17, 15) is 0 Å². The molecule has 0 nitrogen and oxygen atoms in total. The lowest BCUT2D eigenvalue weighted by molar-refractivity contribution is 0.170. The Kier molecular flexibility index (Phi) is 4.48. The van der Waals surface area contributed by atoms with E-state index in [0.29, 0.717) is 0 Å². The number of hydrogen-bond donors (Lipinski definition) is 0. The molecule has 0 spiro atoms. The lowest BCUT2D eigenvalue weighted by Gasteiger charge is -2.37. The minimum Gasteiger partial charge on any atom is -0.0911 e. The van der Waals surface area contributed by atoms with Crippen LogP contribution in [-0.4, -0.2) is 0 Å². The van der Waals surface area contributed by atoms with Gasteiger partial charge in [0.2, 0.25) is 0 Å². The molecule has 96 valence electrons. The third-order valence-electron chi connectivity index (χ3n) is 4.70. The molecule has 0 bridgehead atoms. The van der Waals surface area contributed by atoms with E-state index in [-0.39, 0.29) is 0 Å². The lowest BCUT2D eigenvalue weighted by Crippen LogP contribution is -2.26. The molecule has 0 amide bonds. The number of allylic oxidation sites excluding steroid dienone is 4. The predicted octanol–water partition coefficient (Wildman–Crippen LogP) is 5.22. The van der Waals surface area contributed by atoms with Gasteiger partial charge in [0, 0.05) is 0 Å². The molecule has 0 aromatic heterocycles. The molecule has 0 aromatic carbocycles. The van der Waals surface area contributed by atoms with E-state index in [4.69, 9.17) is 0 Å². The summed E-state index contributed by atoms with van der Waals surface area (Å²) < 4.78 is 0. The smallest absolute Gasteiger partial charge is 0.00533 e. The standard InChI is InChI=1S/C17H28/c1-4-5-15-6-8-16(9-7-15)17-11-13(2)10-14(3)12-17/h4-6,8,13-17H,7,9-12H2,1-3H3. The molecule has 0 aliphatic heterocycles. The zero-order valence-electron chi connectivity index (χ0n) is 11.7. The van der Waals surface area contributed by atoms with Crippen LogP contribution in [0.1, 0.15) is 52.9 Å². The van der Waals surface area contributed by atoms with Crippen LogP contribution in [-0.2, 0) is 0 Å². The van der Waals surface area contributed by atoms with Crippen molar-refractivity contribution in [3.63, 3.8) is 0 Å². The second-order valence-electron chi connectivity index (χ2n) is 6.49. The molecule has 2 rings (SSSR count). The Morgan fingerprint density at radius 2 is 1.65 bits per heavy atom. The first-order valence-corrected chi connectivity index (χ1v) is 7.50. The summed E-state index contributed by atoms with van der Waals surface area (Å²) in [7, 11) is 0. The Morgan fingerprint density at radius 1 is 0.941 bits per heavy atom. The average molecular weight is 232 g/mol. The molecule has 0 aromatic rings. The first kappa shape index (κ1) is 12.9. The molecule has 1 fully saturated rings. The van der Waals surface area contributed by atoms with Gasteiger partial charge < -0.3 is 0 Å². The largest absolute Gasteiger partial charge is 0.0911 e. The molecule has 0 N–H and O–H groups in total. The van der Waals surface area contributed by atoms with Crippen molar-refractivity contribution in [2.24, 2.45) is 29.6 Å². The first-order valence-electron chi connectivity index (χ1n) is 7.50. The van der Waals surface area contributed by atoms with E-state index in [1.807, 2.05) is 0 Å². The van der Waals surface area contributed by atoms with Crippen LogP contribution in [0.4, 0.5) is 0 Å². The van der Waals surface area contributed by atoms with Crippen LogP contribution in [0.2, 0.25) is 0 Å². The van der Waals surface area contributed by atoms with Gasteiger partial charge in [-0.25, -0.2) is 0 Å². The molecule has 0 heterocycles. The predicted molar refractivity (Wildman–Crippen MR) is 75.8 cm³/mol. The molecule has 0 radical (unpaired) electrons. The van der Waals surface area contributed by atoms with Gasteiger partial charge in [-0.3, -0.25) is 0 Å². The third kappa shape index (κ3) is 3.47. The zero-order chi connectivity index (χ0) is 12.3. The van der Waals surface area contributed by atoms with Crippen molar-refractivity contribution in [3.05, 3.63) is 24.3 Å². The molecule has 2 aliphatic rings. The summed E-state index contributed by atoms with van der Waals surface area (Å²) in [6, 6.07) is 0. The highest BCUT2D eigenvalue weighted by molar-refractivity contribution is 5.07. The molecular formula is C17H28. The van der Waals surface area contributed by atoms with Gasteiger partial charge in [-0.05, 0) is 68.6 Å². The van der Waals surface area contributed by atoms with Gasteiger partial charge in [-0.1, -0.05) is 38.2 Å². The molecule has 4 unspecified atom stereocenters. The fraction of sp³-hybridized carbons (Fsp3) is 0.765. The van der Waals surface area contributed by atoms with Crippen molar-refractivity contribution >= 4 is 0 Å². The van der Waals surface area contributed by atoms with Crippen LogP contribution in [0.3, 0.4) is 0 Å². The fourth-order valence-electron chi connectivity index (χ4n) is 4.02. The van der Waals surface area contributed by atoms with Crippen LogP contribution in [0, 0.1) is 29.6 Å². The highest BCUT2D eigenvalue weighted by Gasteiger charge is 2.29. The Labute approximate surface area is 107 Å². The quantitative estimate of drug-likeness (QED) is 0.573. The highest BCUT2D eigenvalue weighted by Crippen LogP contribution is 2.41. The molecule has 0 saturated heterocycles. The first-order chi connectivity index (χ1) is 8.19. The highest BCUT2D eigenvalue weighted by atomic mass is 14.3. The Bertz CT molecular complexity index is 276. The summed E-state index contributed by atoms with van der Waals surface area (Å²) in [4.78, 5) is 0. The van der Waals surface area contributed by atoms with Crippen molar-refractivity contribution in [3.8, 4) is 0 Å². The maximum absolute atomic E-state index is 2.53. The summed E-state index contributed by atoms with van der Waals surface area (Å²) in [5, 5.41) is 0. The average Bonchev–Trinajstić information content (AvgIpc) is 2.29. The zero-order valence-corrected chi connectivity index (χ0v) is 11.7. The molecule has 1 saturated carbocycles. The Morgan fingerprint density at radius 3 is 2.18 bits per heavy atom. The monoisotopic (exact) mass is 232 g/mol. The van der Waals surface area contributed by atoms with Gasteiger partial charge in [0.25, 0.3) is 0 Å². The topological polar surface area (TPSA) is 0 Å². The van der Waals surface area contributed by atoms with Crippen LogP contribution < -0.4 is 0 Å². The molecule has 17 heavy (non-hydrogen) atoms. The van der Waals surface area contributed by atoms with Gasteiger partial charge in [-0.2, -0.15) is 0 Å². The van der Waals surface area contributed by atoms with Crippen LogP contribution in [0.15, 0.2) is 24.3 Å². The van der Waals surface area contributed by atoms with Gasteiger partial charge in [0.05, 0.1) is 0 Å². The summed E-state index contributed by atoms with van der Waals surface area (Å²) in [6.07, 6.45) is 16.7. The van der Waals surface area contributed by atoms with E-state index in [1.165, 1.54) is 32.1 Å². The normalized spacial score (nSPS) is 43.1. The summed E-state index contributed by atoms with van der Waals surface area (Å²) >= 11 is 0. The van der Waals surface area contributed by atoms with Crippen LogP contribution >= 0.6 is 0 Å². The minimum absolute atomic E-state index is 0.717. The summed E-state index contributed by atoms with van der Waals surface area (Å²) in [5.41, 5.74) is 0. The van der Waals surface area contributed by atoms with Crippen molar-refractivity contribution in [2.75, 3.05) is 0 Å². The van der Waals surface area contributed by atoms with E-state index in [1.54, 1.807) is 0 Å². The second-order valence-corrected chi connectivity index (χ2v) is 6.49. The van der Waals surface area contributed by atoms with Crippen LogP contribution in [0.5, 0.6) is 0 Å². The summed E-state index contributed by atoms with van der Waals surface area (Å²) in [5.74, 6) is 4.46. The maximum Gasteiger partial charge on any atom is -0.00533 e. The summed E-state index contributed by atoms with van der Waals surface area (Å²) in [6.45, 7) is 7.01. The number of hydrogen-bond acceptors (Lipinski definition) is 0. The van der Waals surface area contributed by atoms with Crippen molar-refractivity contribution < 1.29 is 0 Å². The van der Waals surface area contributed by atoms with E-state index < -0.39 is 0 Å². The lowest BCUT2D eigenvalue weighted by atomic mass is 9.69. The number of rotatable bonds is 2. The SMILES string of the molecule is CC=CC1C=CC(C2CC(C)CC(C)C2)CC1. The molecule has 4 atom stereocenters. The Hall–Kier alpha value is -0.520. The van der Waals surface area contributed by atoms with Crippen molar-refractivity contribution in [1.29, 1.82) is 0 Å². The van der Waals surface area contributed by atoms with Gasteiger partial charge in [-0.15, -0.1) is 0 Å². The van der Waals surface area contributed by atoms with Gasteiger partial charge in [0.15, 0.2) is 0 Å². The molecule has 0 heteroatoms. The van der Waals surface area contributed by atoms with Gasteiger partial charge in [0.1, 0.15) is 0 Å². The fourth-order valence-corrected chi connectivity index (χ4v) is 4.02. The van der Waals surface area contributed by atoms with Gasteiger partial charge >= 0.3 is 0 Å². The van der Waals surface area contributed by atoms with E-state index >= 15 is 0 Å². The van der Waals surface area contributed by atoms with Crippen molar-refractivity contribution in [2.45, 2.75) is 52.9 Å². The second kappa shape index (κ2) is 5.89. The van der Waals surface area contributed by atoms with Crippen molar-refractivity contribution in [1.82, 2.24) is 0 Å². The maximum atomic E-state index is 2.53. The Balaban J connectivity index is 1.93. The molecular weight excluding hydrogens is 204 g/mol. The van der Waals surface area contributed by atoms with Crippen LogP contribution in [0.25, 0.3) is 0 Å². The minimum atomic E-state index is 0.717. The molecule has 2 aliphatic carbocycles. The third-order valence-corrected chi connectivity index (χ3v) is 4.70.